The zero-order valence-corrected chi connectivity index (χ0v) is 7.55. The van der Waals surface area contributed by atoms with Crippen molar-refractivity contribution in [2.75, 3.05) is 0 Å². The molecule has 1 heterocycles. The van der Waals surface area contributed by atoms with Gasteiger partial charge in [0.05, 0.1) is 5.56 Å². The van der Waals surface area contributed by atoms with Crippen LogP contribution in [0.3, 0.4) is 0 Å². The van der Waals surface area contributed by atoms with Crippen LogP contribution in [0.15, 0.2) is 20.3 Å². The molecule has 60 valence electrons. The lowest BCUT2D eigenvalue weighted by Crippen LogP contribution is -2.15. The van der Waals surface area contributed by atoms with Crippen LogP contribution in [0.4, 0.5) is 0 Å². The molecular weight excluding hydrogens is 210 g/mol. The first kappa shape index (κ1) is 8.13. The second-order valence-electron chi connectivity index (χ2n) is 2.03. The highest BCUT2D eigenvalue weighted by molar-refractivity contribution is 9.10. The Hall–Kier alpha value is -0.970. The summed E-state index contributed by atoms with van der Waals surface area (Å²) in [7, 11) is 0. The fraction of sp³-hybridized carbons (Fsp3) is 0.167. The Morgan fingerprint density at radius 2 is 2.36 bits per heavy atom. The first-order chi connectivity index (χ1) is 5.15. The number of halogens is 1. The molecule has 0 amide bonds. The van der Waals surface area contributed by atoms with Crippen molar-refractivity contribution in [3.63, 3.8) is 0 Å². The third kappa shape index (κ3) is 1.54. The highest BCUT2D eigenvalue weighted by atomic mass is 79.9. The summed E-state index contributed by atoms with van der Waals surface area (Å²) in [5.41, 5.74) is 6.17. The number of nitrogens with zero attached hydrogens (tertiary/aromatic N) is 1. The maximum atomic E-state index is 5.45. The predicted molar refractivity (Wildman–Crippen MR) is 46.1 cm³/mol. The lowest BCUT2D eigenvalue weighted by molar-refractivity contribution is 0.509. The normalized spacial score (nSPS) is 12.0. The van der Waals surface area contributed by atoms with Gasteiger partial charge in [0.15, 0.2) is 10.5 Å². The van der Waals surface area contributed by atoms with Crippen LogP contribution < -0.4 is 11.6 Å². The average Bonchev–Trinajstić information content (AvgIpc) is 2.28. The predicted octanol–water partition coefficient (Wildman–Crippen LogP) is 0.930. The molecule has 5 heteroatoms. The van der Waals surface area contributed by atoms with Gasteiger partial charge in [-0.25, -0.2) is 0 Å². The fourth-order valence-electron chi connectivity index (χ4n) is 0.770. The molecule has 0 unspecified atom stereocenters. The molecule has 11 heavy (non-hydrogen) atoms. The molecule has 0 radical (unpaired) electrons. The average molecular weight is 218 g/mol. The third-order valence-corrected chi connectivity index (χ3v) is 1.69. The van der Waals surface area contributed by atoms with Crippen molar-refractivity contribution in [2.24, 2.45) is 16.7 Å². The number of amidine groups is 1. The van der Waals surface area contributed by atoms with E-state index in [-0.39, 0.29) is 5.84 Å². The molecule has 0 fully saturated rings. The van der Waals surface area contributed by atoms with Gasteiger partial charge >= 0.3 is 0 Å². The van der Waals surface area contributed by atoms with Crippen molar-refractivity contribution in [2.45, 2.75) is 6.92 Å². The Morgan fingerprint density at radius 1 is 1.73 bits per heavy atom. The zero-order valence-electron chi connectivity index (χ0n) is 5.97. The molecule has 0 saturated heterocycles. The van der Waals surface area contributed by atoms with Gasteiger partial charge in [-0.3, -0.25) is 0 Å². The molecule has 1 aromatic heterocycles. The van der Waals surface area contributed by atoms with Gasteiger partial charge in [0.2, 0.25) is 0 Å². The van der Waals surface area contributed by atoms with E-state index < -0.39 is 0 Å². The van der Waals surface area contributed by atoms with Gasteiger partial charge in [0.1, 0.15) is 5.76 Å². The molecule has 0 aliphatic rings. The lowest BCUT2D eigenvalue weighted by atomic mass is 10.2. The summed E-state index contributed by atoms with van der Waals surface area (Å²) < 4.78 is 5.76. The summed E-state index contributed by atoms with van der Waals surface area (Å²) in [5.74, 6) is 5.96. The smallest absolute Gasteiger partial charge is 0.170 e. The number of furan rings is 1. The Labute approximate surface area is 72.4 Å². The van der Waals surface area contributed by atoms with Gasteiger partial charge in [-0.2, -0.15) is 5.10 Å². The Balaban J connectivity index is 3.13. The highest BCUT2D eigenvalue weighted by Gasteiger charge is 2.08. The molecular formula is C6H8BrN3O. The maximum Gasteiger partial charge on any atom is 0.170 e. The summed E-state index contributed by atoms with van der Waals surface area (Å²) in [6.07, 6.45) is 0. The summed E-state index contributed by atoms with van der Waals surface area (Å²) in [4.78, 5) is 0. The molecule has 0 bridgehead atoms. The summed E-state index contributed by atoms with van der Waals surface area (Å²) in [6.45, 7) is 1.79. The van der Waals surface area contributed by atoms with Crippen LogP contribution in [0.2, 0.25) is 0 Å². The molecule has 0 aromatic carbocycles. The number of hydrogen-bond donors (Lipinski definition) is 2. The van der Waals surface area contributed by atoms with Crippen molar-refractivity contribution in [3.05, 3.63) is 22.1 Å². The standard InChI is InChI=1S/C6H8BrN3O/c1-3-4(6(8)10-9)2-5(7)11-3/h2H,9H2,1H3,(H2,8,10). The van der Waals surface area contributed by atoms with Crippen LogP contribution in [-0.4, -0.2) is 5.84 Å². The first-order valence-electron chi connectivity index (χ1n) is 2.95. The largest absolute Gasteiger partial charge is 0.454 e. The van der Waals surface area contributed by atoms with Crippen molar-refractivity contribution < 1.29 is 4.42 Å². The van der Waals surface area contributed by atoms with Crippen molar-refractivity contribution in [1.29, 1.82) is 0 Å². The molecule has 0 spiro atoms. The molecule has 0 saturated carbocycles. The van der Waals surface area contributed by atoms with Crippen LogP contribution in [0, 0.1) is 6.92 Å². The van der Waals surface area contributed by atoms with E-state index in [1.165, 1.54) is 0 Å². The van der Waals surface area contributed by atoms with Crippen molar-refractivity contribution in [3.8, 4) is 0 Å². The Kier molecular flexibility index (Phi) is 2.19. The molecule has 0 aliphatic carbocycles. The number of hydrazone groups is 1. The SMILES string of the molecule is Cc1oc(Br)cc1/C(N)=N/N. The zero-order chi connectivity index (χ0) is 8.43. The van der Waals surface area contributed by atoms with E-state index in [1.54, 1.807) is 13.0 Å². The van der Waals surface area contributed by atoms with E-state index >= 15 is 0 Å². The van der Waals surface area contributed by atoms with Gasteiger partial charge in [0.25, 0.3) is 0 Å². The van der Waals surface area contributed by atoms with Crippen molar-refractivity contribution >= 4 is 21.8 Å². The highest BCUT2D eigenvalue weighted by Crippen LogP contribution is 2.18. The minimum absolute atomic E-state index is 0.275. The maximum absolute atomic E-state index is 5.45. The summed E-state index contributed by atoms with van der Waals surface area (Å²) in [6, 6.07) is 1.72. The minimum atomic E-state index is 0.275. The van der Waals surface area contributed by atoms with E-state index in [9.17, 15) is 0 Å². The minimum Gasteiger partial charge on any atom is -0.454 e. The molecule has 0 aliphatic heterocycles. The van der Waals surface area contributed by atoms with Gasteiger partial charge in [-0.05, 0) is 22.9 Å². The van der Waals surface area contributed by atoms with E-state index in [0.29, 0.717) is 10.4 Å². The molecule has 1 aromatic rings. The van der Waals surface area contributed by atoms with Crippen LogP contribution in [0.5, 0.6) is 0 Å². The third-order valence-electron chi connectivity index (χ3n) is 1.30. The second kappa shape index (κ2) is 2.96. The van der Waals surface area contributed by atoms with Crippen LogP contribution in [0.25, 0.3) is 0 Å². The topological polar surface area (TPSA) is 77.5 Å². The number of hydrogen-bond acceptors (Lipinski definition) is 3. The summed E-state index contributed by atoms with van der Waals surface area (Å²) in [5, 5.41) is 3.35. The molecule has 1 rings (SSSR count). The van der Waals surface area contributed by atoms with Crippen LogP contribution >= 0.6 is 15.9 Å². The van der Waals surface area contributed by atoms with Crippen LogP contribution in [0.1, 0.15) is 11.3 Å². The van der Waals surface area contributed by atoms with Crippen LogP contribution in [-0.2, 0) is 0 Å². The Morgan fingerprint density at radius 3 is 2.73 bits per heavy atom. The quantitative estimate of drug-likeness (QED) is 0.318. The fourth-order valence-corrected chi connectivity index (χ4v) is 1.24. The number of nitrogens with two attached hydrogens (primary N) is 2. The number of rotatable bonds is 1. The van der Waals surface area contributed by atoms with E-state index in [4.69, 9.17) is 16.0 Å². The molecule has 4 nitrogen and oxygen atoms in total. The number of aryl methyl sites for hydroxylation is 1. The first-order valence-corrected chi connectivity index (χ1v) is 3.74. The second-order valence-corrected chi connectivity index (χ2v) is 2.82. The van der Waals surface area contributed by atoms with E-state index in [1.807, 2.05) is 0 Å². The Bertz CT molecular complexity index is 292. The van der Waals surface area contributed by atoms with Gasteiger partial charge < -0.3 is 16.0 Å². The van der Waals surface area contributed by atoms with Gasteiger partial charge in [-0.1, -0.05) is 0 Å². The van der Waals surface area contributed by atoms with Gasteiger partial charge in [0, 0.05) is 6.07 Å². The molecule has 4 N–H and O–H groups in total. The van der Waals surface area contributed by atoms with Gasteiger partial charge in [-0.15, -0.1) is 0 Å². The van der Waals surface area contributed by atoms with E-state index in [0.717, 1.165) is 5.56 Å². The molecule has 0 atom stereocenters. The summed E-state index contributed by atoms with van der Waals surface area (Å²) >= 11 is 3.16. The van der Waals surface area contributed by atoms with Crippen molar-refractivity contribution in [1.82, 2.24) is 0 Å². The monoisotopic (exact) mass is 217 g/mol. The van der Waals surface area contributed by atoms with E-state index in [2.05, 4.69) is 21.0 Å². The lowest BCUT2D eigenvalue weighted by Gasteiger charge is -1.92.